The van der Waals surface area contributed by atoms with Gasteiger partial charge in [0, 0.05) is 38.9 Å². The molecular formula is C23H31N5O3. The molecule has 0 spiro atoms. The van der Waals surface area contributed by atoms with Crippen molar-refractivity contribution in [1.29, 1.82) is 0 Å². The number of anilines is 1. The van der Waals surface area contributed by atoms with Crippen molar-refractivity contribution in [2.24, 2.45) is 4.99 Å². The lowest BCUT2D eigenvalue weighted by Gasteiger charge is -2.17. The van der Waals surface area contributed by atoms with Gasteiger partial charge in [-0.05, 0) is 48.2 Å². The average Bonchev–Trinajstić information content (AvgIpc) is 3.34. The Morgan fingerprint density at radius 1 is 0.968 bits per heavy atom. The van der Waals surface area contributed by atoms with Crippen molar-refractivity contribution < 1.29 is 14.3 Å². The number of likely N-dealkylation sites (tertiary alicyclic amines) is 1. The predicted molar refractivity (Wildman–Crippen MR) is 123 cm³/mol. The number of ether oxygens (including phenoxy) is 2. The number of urea groups is 1. The summed E-state index contributed by atoms with van der Waals surface area (Å²) in [5.41, 5.74) is 2.89. The first-order valence-electron chi connectivity index (χ1n) is 10.4. The summed E-state index contributed by atoms with van der Waals surface area (Å²) in [6.07, 6.45) is 2.15. The van der Waals surface area contributed by atoms with Gasteiger partial charge < -0.3 is 30.3 Å². The quantitative estimate of drug-likeness (QED) is 0.468. The Balaban J connectivity index is 1.52. The van der Waals surface area contributed by atoms with E-state index in [1.54, 1.807) is 21.3 Å². The van der Waals surface area contributed by atoms with E-state index < -0.39 is 0 Å². The second-order valence-corrected chi connectivity index (χ2v) is 7.29. The number of benzene rings is 2. The highest BCUT2D eigenvalue weighted by atomic mass is 16.5. The van der Waals surface area contributed by atoms with Crippen LogP contribution < -0.4 is 25.4 Å². The van der Waals surface area contributed by atoms with Gasteiger partial charge in [0.1, 0.15) is 0 Å². The Hall–Kier alpha value is -3.42. The van der Waals surface area contributed by atoms with Crippen LogP contribution in [0.25, 0.3) is 0 Å². The minimum absolute atomic E-state index is 0.0324. The maximum absolute atomic E-state index is 12.3. The Morgan fingerprint density at radius 3 is 2.29 bits per heavy atom. The molecule has 0 aliphatic carbocycles. The van der Waals surface area contributed by atoms with Gasteiger partial charge in [-0.25, -0.2) is 4.79 Å². The van der Waals surface area contributed by atoms with Gasteiger partial charge in [0.2, 0.25) is 0 Å². The van der Waals surface area contributed by atoms with Crippen LogP contribution in [0.3, 0.4) is 0 Å². The summed E-state index contributed by atoms with van der Waals surface area (Å²) < 4.78 is 10.6. The van der Waals surface area contributed by atoms with E-state index >= 15 is 0 Å². The molecule has 0 atom stereocenters. The van der Waals surface area contributed by atoms with E-state index in [9.17, 15) is 4.79 Å². The van der Waals surface area contributed by atoms with Gasteiger partial charge in [-0.3, -0.25) is 4.99 Å². The summed E-state index contributed by atoms with van der Waals surface area (Å²) in [4.78, 5) is 18.4. The lowest BCUT2D eigenvalue weighted by atomic mass is 10.2. The number of nitrogens with one attached hydrogen (secondary N) is 3. The van der Waals surface area contributed by atoms with Crippen molar-refractivity contribution in [1.82, 2.24) is 15.5 Å². The predicted octanol–water partition coefficient (Wildman–Crippen LogP) is 3.20. The summed E-state index contributed by atoms with van der Waals surface area (Å²) in [6.45, 7) is 2.83. The topological polar surface area (TPSA) is 87.2 Å². The standard InChI is InChI=1S/C23H31N5O3/c1-24-22(26-16-18-9-10-20(30-2)21(14-18)31-3)25-15-17-7-6-8-19(13-17)27-23(29)28-11-4-5-12-28/h6-10,13-14H,4-5,11-12,15-16H2,1-3H3,(H,27,29)(H2,24,25,26). The molecule has 8 heteroatoms. The van der Waals surface area contributed by atoms with Crippen LogP contribution in [-0.4, -0.2) is 51.2 Å². The Bertz CT molecular complexity index is 910. The molecule has 1 aliphatic heterocycles. The van der Waals surface area contributed by atoms with E-state index in [0.717, 1.165) is 42.7 Å². The molecule has 3 rings (SSSR count). The maximum Gasteiger partial charge on any atom is 0.321 e. The van der Waals surface area contributed by atoms with Gasteiger partial charge in [-0.1, -0.05) is 18.2 Å². The number of hydrogen-bond acceptors (Lipinski definition) is 4. The average molecular weight is 426 g/mol. The maximum atomic E-state index is 12.3. The van der Waals surface area contributed by atoms with Crippen molar-refractivity contribution in [3.8, 4) is 11.5 Å². The number of methoxy groups -OCH3 is 2. The highest BCUT2D eigenvalue weighted by Crippen LogP contribution is 2.27. The number of aliphatic imine (C=N–C) groups is 1. The van der Waals surface area contributed by atoms with Crippen molar-refractivity contribution in [2.45, 2.75) is 25.9 Å². The zero-order chi connectivity index (χ0) is 22.1. The SMILES string of the molecule is CN=C(NCc1cccc(NC(=O)N2CCCC2)c1)NCc1ccc(OC)c(OC)c1. The highest BCUT2D eigenvalue weighted by molar-refractivity contribution is 5.89. The molecule has 2 aromatic rings. The largest absolute Gasteiger partial charge is 0.493 e. The molecule has 0 bridgehead atoms. The van der Waals surface area contributed by atoms with Crippen molar-refractivity contribution >= 4 is 17.7 Å². The molecule has 2 amide bonds. The summed E-state index contributed by atoms with van der Waals surface area (Å²) in [5, 5.41) is 9.58. The van der Waals surface area contributed by atoms with E-state index in [2.05, 4.69) is 20.9 Å². The van der Waals surface area contributed by atoms with E-state index in [0.29, 0.717) is 30.5 Å². The van der Waals surface area contributed by atoms with Gasteiger partial charge in [0.15, 0.2) is 17.5 Å². The Labute approximate surface area is 183 Å². The lowest BCUT2D eigenvalue weighted by Crippen LogP contribution is -2.36. The second-order valence-electron chi connectivity index (χ2n) is 7.29. The Morgan fingerprint density at radius 2 is 1.65 bits per heavy atom. The summed E-state index contributed by atoms with van der Waals surface area (Å²) in [5.74, 6) is 2.07. The third-order valence-corrected chi connectivity index (χ3v) is 5.16. The van der Waals surface area contributed by atoms with Crippen LogP contribution in [-0.2, 0) is 13.1 Å². The van der Waals surface area contributed by atoms with Crippen LogP contribution in [0.5, 0.6) is 11.5 Å². The molecule has 3 N–H and O–H groups in total. The lowest BCUT2D eigenvalue weighted by molar-refractivity contribution is 0.222. The number of guanidine groups is 1. The van der Waals surface area contributed by atoms with E-state index in [-0.39, 0.29) is 6.03 Å². The van der Waals surface area contributed by atoms with Crippen LogP contribution in [0, 0.1) is 0 Å². The first kappa shape index (κ1) is 22.3. The van der Waals surface area contributed by atoms with Gasteiger partial charge in [-0.15, -0.1) is 0 Å². The zero-order valence-electron chi connectivity index (χ0n) is 18.4. The molecular weight excluding hydrogens is 394 g/mol. The minimum atomic E-state index is -0.0324. The van der Waals surface area contributed by atoms with Crippen LogP contribution in [0.2, 0.25) is 0 Å². The van der Waals surface area contributed by atoms with Gasteiger partial charge in [0.05, 0.1) is 14.2 Å². The third kappa shape index (κ3) is 6.28. The van der Waals surface area contributed by atoms with Crippen LogP contribution in [0.4, 0.5) is 10.5 Å². The normalized spacial score (nSPS) is 13.6. The highest BCUT2D eigenvalue weighted by Gasteiger charge is 2.17. The molecule has 166 valence electrons. The fourth-order valence-electron chi connectivity index (χ4n) is 3.46. The van der Waals surface area contributed by atoms with Crippen LogP contribution in [0.15, 0.2) is 47.5 Å². The third-order valence-electron chi connectivity index (χ3n) is 5.16. The summed E-state index contributed by atoms with van der Waals surface area (Å²) >= 11 is 0. The fraction of sp³-hybridized carbons (Fsp3) is 0.391. The number of amides is 2. The van der Waals surface area contributed by atoms with E-state index in [1.165, 1.54) is 0 Å². The molecule has 2 aromatic carbocycles. The molecule has 1 fully saturated rings. The Kier molecular flexibility index (Phi) is 7.98. The first-order chi connectivity index (χ1) is 15.1. The van der Waals surface area contributed by atoms with Gasteiger partial charge in [0.25, 0.3) is 0 Å². The molecule has 0 unspecified atom stereocenters. The van der Waals surface area contributed by atoms with E-state index in [1.807, 2.05) is 47.4 Å². The monoisotopic (exact) mass is 425 g/mol. The fourth-order valence-corrected chi connectivity index (χ4v) is 3.46. The molecule has 0 radical (unpaired) electrons. The van der Waals surface area contributed by atoms with Gasteiger partial charge >= 0.3 is 6.03 Å². The molecule has 1 aliphatic rings. The minimum Gasteiger partial charge on any atom is -0.493 e. The van der Waals surface area contributed by atoms with Crippen LogP contribution in [0.1, 0.15) is 24.0 Å². The van der Waals surface area contributed by atoms with Crippen molar-refractivity contribution in [3.05, 3.63) is 53.6 Å². The number of nitrogens with zero attached hydrogens (tertiary/aromatic N) is 2. The summed E-state index contributed by atoms with van der Waals surface area (Å²) in [7, 11) is 4.97. The number of rotatable bonds is 7. The number of carbonyl (C=O) groups is 1. The second kappa shape index (κ2) is 11.1. The zero-order valence-corrected chi connectivity index (χ0v) is 18.4. The smallest absolute Gasteiger partial charge is 0.321 e. The first-order valence-corrected chi connectivity index (χ1v) is 10.4. The molecule has 1 heterocycles. The number of hydrogen-bond donors (Lipinski definition) is 3. The van der Waals surface area contributed by atoms with Crippen molar-refractivity contribution in [2.75, 3.05) is 39.7 Å². The molecule has 1 saturated heterocycles. The molecule has 31 heavy (non-hydrogen) atoms. The molecule has 8 nitrogen and oxygen atoms in total. The van der Waals surface area contributed by atoms with Crippen LogP contribution >= 0.6 is 0 Å². The number of carbonyl (C=O) groups excluding carboxylic acids is 1. The molecule has 0 saturated carbocycles. The summed E-state index contributed by atoms with van der Waals surface area (Å²) in [6, 6.07) is 13.6. The van der Waals surface area contributed by atoms with Gasteiger partial charge in [-0.2, -0.15) is 0 Å². The van der Waals surface area contributed by atoms with E-state index in [4.69, 9.17) is 9.47 Å². The van der Waals surface area contributed by atoms with Crippen molar-refractivity contribution in [3.63, 3.8) is 0 Å². The molecule has 0 aromatic heterocycles.